The van der Waals surface area contributed by atoms with Crippen molar-refractivity contribution in [1.82, 2.24) is 0 Å². The maximum absolute atomic E-state index is 11.4. The maximum Gasteiger partial charge on any atom is 0.307 e. The van der Waals surface area contributed by atoms with Crippen LogP contribution in [-0.2, 0) is 16.0 Å². The topological polar surface area (TPSA) is 54.4 Å². The van der Waals surface area contributed by atoms with Crippen molar-refractivity contribution in [3.05, 3.63) is 35.9 Å². The van der Waals surface area contributed by atoms with Gasteiger partial charge in [0.25, 0.3) is 0 Å². The van der Waals surface area contributed by atoms with Crippen molar-refractivity contribution in [3.63, 3.8) is 0 Å². The Morgan fingerprint density at radius 2 is 1.79 bits per heavy atom. The van der Waals surface area contributed by atoms with E-state index in [9.17, 15) is 14.7 Å². The monoisotopic (exact) mass is 280 g/mol. The molecule has 2 atom stereocenters. The second kappa shape index (κ2) is 7.34. The van der Waals surface area contributed by atoms with Crippen molar-refractivity contribution in [2.45, 2.75) is 32.4 Å². The summed E-state index contributed by atoms with van der Waals surface area (Å²) in [5.41, 5.74) is 1.06. The zero-order chi connectivity index (χ0) is 14.4. The average molecular weight is 280 g/mol. The van der Waals surface area contributed by atoms with Crippen molar-refractivity contribution >= 4 is 22.8 Å². The molecule has 0 saturated heterocycles. The predicted molar refractivity (Wildman–Crippen MR) is 78.2 cm³/mol. The summed E-state index contributed by atoms with van der Waals surface area (Å²) in [6, 6.07) is 9.71. The summed E-state index contributed by atoms with van der Waals surface area (Å²) < 4.78 is 0. The molecule has 0 bridgehead atoms. The third-order valence-electron chi connectivity index (χ3n) is 3.00. The van der Waals surface area contributed by atoms with E-state index in [-0.39, 0.29) is 16.3 Å². The molecule has 0 spiro atoms. The highest BCUT2D eigenvalue weighted by Crippen LogP contribution is 2.29. The van der Waals surface area contributed by atoms with Crippen LogP contribution in [0.4, 0.5) is 0 Å². The van der Waals surface area contributed by atoms with Crippen LogP contribution in [0.5, 0.6) is 0 Å². The lowest BCUT2D eigenvalue weighted by atomic mass is 9.89. The lowest BCUT2D eigenvalue weighted by molar-refractivity contribution is -0.143. The number of benzene rings is 1. The number of thioether (sulfide) groups is 1. The van der Waals surface area contributed by atoms with E-state index in [1.54, 1.807) is 0 Å². The van der Waals surface area contributed by atoms with Crippen LogP contribution in [0.25, 0.3) is 0 Å². The highest BCUT2D eigenvalue weighted by molar-refractivity contribution is 8.14. The molecule has 0 heterocycles. The van der Waals surface area contributed by atoms with Gasteiger partial charge in [0.2, 0.25) is 0 Å². The normalized spacial score (nSPS) is 14.1. The largest absolute Gasteiger partial charge is 0.481 e. The first kappa shape index (κ1) is 15.8. The molecule has 1 rings (SSSR count). The van der Waals surface area contributed by atoms with Gasteiger partial charge in [-0.3, -0.25) is 9.59 Å². The molecular weight excluding hydrogens is 260 g/mol. The van der Waals surface area contributed by atoms with Crippen LogP contribution in [0, 0.1) is 11.8 Å². The maximum atomic E-state index is 11.4. The minimum atomic E-state index is -0.829. The van der Waals surface area contributed by atoms with Gasteiger partial charge in [0.05, 0.1) is 5.92 Å². The molecule has 2 unspecified atom stereocenters. The number of carboxylic acids is 1. The molecule has 1 aromatic carbocycles. The molecule has 19 heavy (non-hydrogen) atoms. The summed E-state index contributed by atoms with van der Waals surface area (Å²) >= 11 is 1.14. The molecule has 4 heteroatoms. The molecule has 0 aromatic heterocycles. The number of aliphatic carboxylic acids is 1. The highest BCUT2D eigenvalue weighted by atomic mass is 32.2. The van der Waals surface area contributed by atoms with Gasteiger partial charge in [0.1, 0.15) is 0 Å². The Morgan fingerprint density at radius 1 is 1.21 bits per heavy atom. The van der Waals surface area contributed by atoms with Crippen molar-refractivity contribution < 1.29 is 14.7 Å². The van der Waals surface area contributed by atoms with Gasteiger partial charge >= 0.3 is 5.97 Å². The average Bonchev–Trinajstić information content (AvgIpc) is 2.28. The van der Waals surface area contributed by atoms with Crippen LogP contribution >= 0.6 is 11.8 Å². The Morgan fingerprint density at radius 3 is 2.21 bits per heavy atom. The van der Waals surface area contributed by atoms with Crippen molar-refractivity contribution in [2.75, 3.05) is 0 Å². The molecule has 0 aliphatic rings. The fourth-order valence-electron chi connectivity index (χ4n) is 2.17. The van der Waals surface area contributed by atoms with E-state index in [0.717, 1.165) is 17.3 Å². The smallest absolute Gasteiger partial charge is 0.307 e. The first-order chi connectivity index (χ1) is 8.91. The first-order valence-electron chi connectivity index (χ1n) is 6.35. The minimum absolute atomic E-state index is 0.00179. The highest BCUT2D eigenvalue weighted by Gasteiger charge is 2.32. The number of carboxylic acid groups (broad SMARTS) is 1. The molecule has 104 valence electrons. The standard InChI is InChI=1S/C15H20O3S/c1-10(2)14(15(17)18)13(19-11(3)16)9-12-7-5-4-6-8-12/h4-8,10,13-14H,9H2,1-3H3,(H,17,18). The predicted octanol–water partition coefficient (Wildman–Crippen LogP) is 3.23. The Hall–Kier alpha value is -1.29. The fourth-order valence-corrected chi connectivity index (χ4v) is 3.45. The Labute approximate surface area is 118 Å². The summed E-state index contributed by atoms with van der Waals surface area (Å²) in [5.74, 6) is -1.35. The number of rotatable bonds is 6. The molecule has 0 radical (unpaired) electrons. The zero-order valence-corrected chi connectivity index (χ0v) is 12.3. The molecule has 0 fully saturated rings. The van der Waals surface area contributed by atoms with Gasteiger partial charge in [-0.1, -0.05) is 55.9 Å². The van der Waals surface area contributed by atoms with E-state index >= 15 is 0 Å². The van der Waals surface area contributed by atoms with Crippen molar-refractivity contribution in [3.8, 4) is 0 Å². The molecular formula is C15H20O3S. The summed E-state index contributed by atoms with van der Waals surface area (Å²) in [7, 11) is 0. The second-order valence-corrected chi connectivity index (χ2v) is 6.36. The lowest BCUT2D eigenvalue weighted by Gasteiger charge is -2.25. The van der Waals surface area contributed by atoms with Gasteiger partial charge in [0.15, 0.2) is 5.12 Å². The third-order valence-corrected chi connectivity index (χ3v) is 4.10. The van der Waals surface area contributed by atoms with Crippen molar-refractivity contribution in [2.24, 2.45) is 11.8 Å². The number of carbonyl (C=O) groups excluding carboxylic acids is 1. The van der Waals surface area contributed by atoms with E-state index in [2.05, 4.69) is 0 Å². The summed E-state index contributed by atoms with van der Waals surface area (Å²) in [6.45, 7) is 5.26. The summed E-state index contributed by atoms with van der Waals surface area (Å²) in [5, 5.41) is 9.12. The number of hydrogen-bond donors (Lipinski definition) is 1. The van der Waals surface area contributed by atoms with Crippen LogP contribution in [-0.4, -0.2) is 21.4 Å². The Balaban J connectivity index is 2.93. The van der Waals surface area contributed by atoms with E-state index in [1.807, 2.05) is 44.2 Å². The quantitative estimate of drug-likeness (QED) is 0.869. The zero-order valence-electron chi connectivity index (χ0n) is 11.5. The lowest BCUT2D eigenvalue weighted by Crippen LogP contribution is -2.32. The molecule has 1 N–H and O–H groups in total. The molecule has 0 aliphatic carbocycles. The Kier molecular flexibility index (Phi) is 6.09. The molecule has 3 nitrogen and oxygen atoms in total. The van der Waals surface area contributed by atoms with Gasteiger partial charge in [-0.2, -0.15) is 0 Å². The first-order valence-corrected chi connectivity index (χ1v) is 7.23. The van der Waals surface area contributed by atoms with Crippen molar-refractivity contribution in [1.29, 1.82) is 0 Å². The van der Waals surface area contributed by atoms with Gasteiger partial charge < -0.3 is 5.11 Å². The van der Waals surface area contributed by atoms with Gasteiger partial charge in [-0.15, -0.1) is 0 Å². The van der Waals surface area contributed by atoms with E-state index < -0.39 is 11.9 Å². The van der Waals surface area contributed by atoms with Crippen LogP contribution in [0.2, 0.25) is 0 Å². The Bertz CT molecular complexity index is 428. The number of hydrogen-bond acceptors (Lipinski definition) is 3. The van der Waals surface area contributed by atoms with Crippen LogP contribution in [0.3, 0.4) is 0 Å². The molecule has 0 aliphatic heterocycles. The molecule has 0 saturated carbocycles. The molecule has 0 amide bonds. The van der Waals surface area contributed by atoms with Crippen LogP contribution in [0.1, 0.15) is 26.3 Å². The second-order valence-electron chi connectivity index (χ2n) is 4.95. The minimum Gasteiger partial charge on any atom is -0.481 e. The summed E-state index contributed by atoms with van der Waals surface area (Å²) in [4.78, 5) is 22.8. The summed E-state index contributed by atoms with van der Waals surface area (Å²) in [6.07, 6.45) is 0.597. The third kappa shape index (κ3) is 5.07. The molecule has 1 aromatic rings. The van der Waals surface area contributed by atoms with Gasteiger partial charge in [-0.25, -0.2) is 0 Å². The SMILES string of the molecule is CC(=O)SC(Cc1ccccc1)C(C(=O)O)C(C)C. The van der Waals surface area contributed by atoms with E-state index in [4.69, 9.17) is 0 Å². The van der Waals surface area contributed by atoms with Gasteiger partial charge in [0, 0.05) is 12.2 Å². The van der Waals surface area contributed by atoms with E-state index in [1.165, 1.54) is 6.92 Å². The number of carbonyl (C=O) groups is 2. The van der Waals surface area contributed by atoms with E-state index in [0.29, 0.717) is 6.42 Å². The van der Waals surface area contributed by atoms with Gasteiger partial charge in [-0.05, 0) is 17.9 Å². The van der Waals surface area contributed by atoms with Crippen LogP contribution < -0.4 is 0 Å². The van der Waals surface area contributed by atoms with Crippen LogP contribution in [0.15, 0.2) is 30.3 Å². The fraction of sp³-hybridized carbons (Fsp3) is 0.467.